The third-order valence-corrected chi connectivity index (χ3v) is 5.94. The van der Waals surface area contributed by atoms with E-state index in [0.29, 0.717) is 27.5 Å². The van der Waals surface area contributed by atoms with Gasteiger partial charge in [0.25, 0.3) is 10.0 Å². The summed E-state index contributed by atoms with van der Waals surface area (Å²) in [7, 11) is -3.88. The summed E-state index contributed by atoms with van der Waals surface area (Å²) in [5.74, 6) is -0.842. The summed E-state index contributed by atoms with van der Waals surface area (Å²) in [6.07, 6.45) is -0.344. The van der Waals surface area contributed by atoms with Crippen LogP contribution in [0.2, 0.25) is 5.02 Å². The minimum absolute atomic E-state index is 0.0206. The number of aryl methyl sites for hydroxylation is 1. The summed E-state index contributed by atoms with van der Waals surface area (Å²) < 4.78 is 27.8. The number of carbonyl (C=O) groups excluding carboxylic acids is 2. The van der Waals surface area contributed by atoms with Gasteiger partial charge in [-0.25, -0.2) is 8.42 Å². The topological polar surface area (TPSA) is 92.3 Å². The summed E-state index contributed by atoms with van der Waals surface area (Å²) >= 11 is 5.82. The van der Waals surface area contributed by atoms with Crippen LogP contribution < -0.4 is 10.0 Å². The molecule has 6 nitrogen and oxygen atoms in total. The van der Waals surface area contributed by atoms with Gasteiger partial charge in [0.15, 0.2) is 5.78 Å². The Morgan fingerprint density at radius 3 is 2.27 bits per heavy atom. The van der Waals surface area contributed by atoms with E-state index in [1.165, 1.54) is 12.1 Å². The molecule has 0 fully saturated rings. The second-order valence-corrected chi connectivity index (χ2v) is 8.72. The first-order chi connectivity index (χ1) is 14.2. The lowest BCUT2D eigenvalue weighted by atomic mass is 10.1. The Morgan fingerprint density at radius 2 is 1.60 bits per heavy atom. The van der Waals surface area contributed by atoms with Gasteiger partial charge in [-0.2, -0.15) is 0 Å². The van der Waals surface area contributed by atoms with Gasteiger partial charge in [0.2, 0.25) is 5.91 Å². The van der Waals surface area contributed by atoms with Crippen LogP contribution in [0.5, 0.6) is 0 Å². The standard InChI is InChI=1S/C22H19ClN2O4S/c1-15-7-12-19(30(28,29)25-18-10-8-17(23)9-11-18)13-20(15)24-22(27)14-21(26)16-5-3-2-4-6-16/h2-13,25H,14H2,1H3,(H,24,27). The fraction of sp³-hybridized carbons (Fsp3) is 0.0909. The molecule has 0 radical (unpaired) electrons. The minimum Gasteiger partial charge on any atom is -0.325 e. The van der Waals surface area contributed by atoms with Crippen molar-refractivity contribution < 1.29 is 18.0 Å². The molecule has 0 saturated carbocycles. The van der Waals surface area contributed by atoms with Gasteiger partial charge in [-0.05, 0) is 48.9 Å². The summed E-state index contributed by atoms with van der Waals surface area (Å²) in [5.41, 5.74) is 1.78. The van der Waals surface area contributed by atoms with Crippen LogP contribution in [-0.4, -0.2) is 20.1 Å². The van der Waals surface area contributed by atoms with Gasteiger partial charge in [0.1, 0.15) is 0 Å². The molecule has 0 heterocycles. The van der Waals surface area contributed by atoms with Crippen LogP contribution in [0, 0.1) is 6.92 Å². The molecule has 30 heavy (non-hydrogen) atoms. The van der Waals surface area contributed by atoms with Crippen molar-refractivity contribution in [2.24, 2.45) is 0 Å². The highest BCUT2D eigenvalue weighted by Gasteiger charge is 2.18. The molecule has 0 unspecified atom stereocenters. The van der Waals surface area contributed by atoms with Crippen molar-refractivity contribution in [3.8, 4) is 0 Å². The molecule has 0 spiro atoms. The summed E-state index contributed by atoms with van der Waals surface area (Å²) in [6, 6.07) is 19.1. The van der Waals surface area contributed by atoms with Gasteiger partial charge in [0.05, 0.1) is 11.3 Å². The Bertz CT molecular complexity index is 1180. The number of hydrogen-bond acceptors (Lipinski definition) is 4. The minimum atomic E-state index is -3.88. The number of nitrogens with one attached hydrogen (secondary N) is 2. The third-order valence-electron chi connectivity index (χ3n) is 4.31. The van der Waals surface area contributed by atoms with Crippen molar-refractivity contribution in [1.82, 2.24) is 0 Å². The van der Waals surface area contributed by atoms with Crippen LogP contribution in [0.15, 0.2) is 77.7 Å². The maximum absolute atomic E-state index is 12.7. The number of ketones is 1. The largest absolute Gasteiger partial charge is 0.325 e. The molecule has 1 amide bonds. The molecule has 0 aliphatic heterocycles. The first-order valence-electron chi connectivity index (χ1n) is 9.02. The average Bonchev–Trinajstić information content (AvgIpc) is 2.71. The van der Waals surface area contributed by atoms with E-state index in [9.17, 15) is 18.0 Å². The molecule has 3 rings (SSSR count). The highest BCUT2D eigenvalue weighted by Crippen LogP contribution is 2.23. The van der Waals surface area contributed by atoms with Crippen LogP contribution in [0.4, 0.5) is 11.4 Å². The number of rotatable bonds is 7. The number of hydrogen-bond donors (Lipinski definition) is 2. The molecular formula is C22H19ClN2O4S. The van der Waals surface area contributed by atoms with E-state index < -0.39 is 15.9 Å². The quantitative estimate of drug-likeness (QED) is 0.411. The van der Waals surface area contributed by atoms with Gasteiger partial charge in [0, 0.05) is 22.0 Å². The van der Waals surface area contributed by atoms with E-state index in [1.54, 1.807) is 67.6 Å². The molecule has 0 aliphatic rings. The van der Waals surface area contributed by atoms with Crippen LogP contribution in [0.25, 0.3) is 0 Å². The summed E-state index contributed by atoms with van der Waals surface area (Å²) in [4.78, 5) is 24.5. The average molecular weight is 443 g/mol. The van der Waals surface area contributed by atoms with E-state index in [1.807, 2.05) is 0 Å². The Hall–Kier alpha value is -3.16. The zero-order valence-corrected chi connectivity index (χ0v) is 17.6. The van der Waals surface area contributed by atoms with Crippen LogP contribution >= 0.6 is 11.6 Å². The maximum Gasteiger partial charge on any atom is 0.261 e. The molecule has 3 aromatic carbocycles. The number of anilines is 2. The van der Waals surface area contributed by atoms with Crippen molar-refractivity contribution in [2.75, 3.05) is 10.0 Å². The second kappa shape index (κ2) is 9.11. The molecule has 2 N–H and O–H groups in total. The normalized spacial score (nSPS) is 11.0. The number of carbonyl (C=O) groups is 2. The van der Waals surface area contributed by atoms with E-state index >= 15 is 0 Å². The second-order valence-electron chi connectivity index (χ2n) is 6.60. The van der Waals surface area contributed by atoms with Gasteiger partial charge in [-0.1, -0.05) is 48.0 Å². The van der Waals surface area contributed by atoms with Crippen molar-refractivity contribution in [3.63, 3.8) is 0 Å². The molecule has 0 saturated heterocycles. The zero-order valence-electron chi connectivity index (χ0n) is 16.1. The van der Waals surface area contributed by atoms with Crippen molar-refractivity contribution in [2.45, 2.75) is 18.2 Å². The fourth-order valence-electron chi connectivity index (χ4n) is 2.70. The molecule has 8 heteroatoms. The van der Waals surface area contributed by atoms with Crippen molar-refractivity contribution in [1.29, 1.82) is 0 Å². The predicted octanol–water partition coefficient (Wildman–Crippen LogP) is 4.66. The molecule has 154 valence electrons. The molecular weight excluding hydrogens is 424 g/mol. The fourth-order valence-corrected chi connectivity index (χ4v) is 3.91. The third kappa shape index (κ3) is 5.46. The first kappa shape index (κ1) is 21.5. The van der Waals surface area contributed by atoms with Crippen molar-refractivity contribution in [3.05, 3.63) is 88.9 Å². The number of sulfonamides is 1. The number of amides is 1. The van der Waals surface area contributed by atoms with Crippen LogP contribution in [0.3, 0.4) is 0 Å². The molecule has 0 aliphatic carbocycles. The first-order valence-corrected chi connectivity index (χ1v) is 10.9. The number of halogens is 1. The highest BCUT2D eigenvalue weighted by atomic mass is 35.5. The zero-order chi connectivity index (χ0) is 21.7. The Balaban J connectivity index is 1.75. The summed E-state index contributed by atoms with van der Waals surface area (Å²) in [6.45, 7) is 1.73. The maximum atomic E-state index is 12.7. The van der Waals surface area contributed by atoms with Crippen LogP contribution in [0.1, 0.15) is 22.3 Å². The summed E-state index contributed by atoms with van der Waals surface area (Å²) in [5, 5.41) is 3.11. The monoisotopic (exact) mass is 442 g/mol. The lowest BCUT2D eigenvalue weighted by Gasteiger charge is -2.12. The molecule has 0 atom stereocenters. The van der Waals surface area contributed by atoms with E-state index in [2.05, 4.69) is 10.0 Å². The van der Waals surface area contributed by atoms with Crippen molar-refractivity contribution >= 4 is 44.7 Å². The smallest absolute Gasteiger partial charge is 0.261 e. The lowest BCUT2D eigenvalue weighted by molar-refractivity contribution is -0.115. The van der Waals surface area contributed by atoms with E-state index in [4.69, 9.17) is 11.6 Å². The van der Waals surface area contributed by atoms with Crippen LogP contribution in [-0.2, 0) is 14.8 Å². The van der Waals surface area contributed by atoms with Gasteiger partial charge in [-0.3, -0.25) is 14.3 Å². The highest BCUT2D eigenvalue weighted by molar-refractivity contribution is 7.92. The van der Waals surface area contributed by atoms with Gasteiger partial charge < -0.3 is 5.32 Å². The van der Waals surface area contributed by atoms with Gasteiger partial charge >= 0.3 is 0 Å². The Kier molecular flexibility index (Phi) is 6.54. The molecule has 3 aromatic rings. The predicted molar refractivity (Wildman–Crippen MR) is 117 cm³/mol. The number of benzene rings is 3. The molecule has 0 bridgehead atoms. The lowest BCUT2D eigenvalue weighted by Crippen LogP contribution is -2.18. The van der Waals surface area contributed by atoms with E-state index in [-0.39, 0.29) is 17.1 Å². The van der Waals surface area contributed by atoms with Gasteiger partial charge in [-0.15, -0.1) is 0 Å². The molecule has 0 aromatic heterocycles. The van der Waals surface area contributed by atoms with E-state index in [0.717, 1.165) is 0 Å². The number of Topliss-reactive ketones (excluding diaryl/α,β-unsaturated/α-hetero) is 1. The SMILES string of the molecule is Cc1ccc(S(=O)(=O)Nc2ccc(Cl)cc2)cc1NC(=O)CC(=O)c1ccccc1. The Labute approximate surface area is 179 Å². The Morgan fingerprint density at radius 1 is 0.933 bits per heavy atom.